The van der Waals surface area contributed by atoms with Gasteiger partial charge in [-0.3, -0.25) is 14.6 Å². The van der Waals surface area contributed by atoms with Crippen molar-refractivity contribution in [2.45, 2.75) is 50.6 Å². The fourth-order valence-corrected chi connectivity index (χ4v) is 4.67. The predicted molar refractivity (Wildman–Crippen MR) is 134 cm³/mol. The molecule has 8 nitrogen and oxygen atoms in total. The van der Waals surface area contributed by atoms with Gasteiger partial charge in [0.1, 0.15) is 12.2 Å². The molecule has 3 unspecified atom stereocenters. The van der Waals surface area contributed by atoms with Gasteiger partial charge in [0.2, 0.25) is 11.8 Å². The van der Waals surface area contributed by atoms with E-state index in [1.807, 2.05) is 56.3 Å². The van der Waals surface area contributed by atoms with E-state index in [1.165, 1.54) is 0 Å². The summed E-state index contributed by atoms with van der Waals surface area (Å²) in [5, 5.41) is 5.18. The monoisotopic (exact) mass is 549 g/mol. The average molecular weight is 550 g/mol. The Morgan fingerprint density at radius 2 is 1.72 bits per heavy atom. The molecule has 0 spiro atoms. The van der Waals surface area contributed by atoms with E-state index in [-0.39, 0.29) is 18.9 Å². The number of hydrogen-bond donors (Lipinski definition) is 2. The Balaban J connectivity index is 1.42. The molecule has 0 bridgehead atoms. The molecule has 4 rings (SSSR count). The molecule has 4 amide bonds. The molecule has 39 heavy (non-hydrogen) atoms. The van der Waals surface area contributed by atoms with Crippen LogP contribution in [0.4, 0.5) is 22.4 Å². The van der Waals surface area contributed by atoms with Gasteiger partial charge < -0.3 is 20.4 Å². The van der Waals surface area contributed by atoms with Gasteiger partial charge in [-0.15, -0.1) is 0 Å². The molecule has 3 heterocycles. The van der Waals surface area contributed by atoms with Crippen LogP contribution >= 0.6 is 0 Å². The van der Waals surface area contributed by atoms with E-state index >= 15 is 0 Å². The second-order valence-corrected chi connectivity index (χ2v) is 10.2. The number of halogens is 4. The number of benzene rings is 1. The third-order valence-electron chi connectivity index (χ3n) is 7.09. The van der Waals surface area contributed by atoms with Crippen LogP contribution < -0.4 is 10.6 Å². The van der Waals surface area contributed by atoms with Crippen molar-refractivity contribution in [3.05, 3.63) is 65.5 Å². The first kappa shape index (κ1) is 28.3. The summed E-state index contributed by atoms with van der Waals surface area (Å²) < 4.78 is 52.4. The van der Waals surface area contributed by atoms with Crippen LogP contribution in [0.3, 0.4) is 0 Å². The summed E-state index contributed by atoms with van der Waals surface area (Å²) in [7, 11) is 0. The topological polar surface area (TPSA) is 94.6 Å². The maximum Gasteiger partial charge on any atom is 0.395 e. The van der Waals surface area contributed by atoms with Crippen LogP contribution in [-0.2, 0) is 9.59 Å². The Kier molecular flexibility index (Phi) is 8.41. The smallest absolute Gasteiger partial charge is 0.342 e. The molecule has 0 radical (unpaired) electrons. The van der Waals surface area contributed by atoms with E-state index < -0.39 is 67.8 Å². The van der Waals surface area contributed by atoms with Gasteiger partial charge in [-0.1, -0.05) is 50.2 Å². The molecule has 1 aromatic carbocycles. The van der Waals surface area contributed by atoms with E-state index in [1.54, 1.807) is 6.20 Å². The minimum Gasteiger partial charge on any atom is -0.342 e. The number of likely N-dealkylation sites (tertiary alicyclic amines) is 2. The minimum atomic E-state index is -4.39. The summed E-state index contributed by atoms with van der Waals surface area (Å²) in [5.41, 5.74) is 2.35. The van der Waals surface area contributed by atoms with E-state index in [0.717, 1.165) is 20.9 Å². The first-order valence-corrected chi connectivity index (χ1v) is 12.8. The van der Waals surface area contributed by atoms with Crippen LogP contribution in [-0.4, -0.2) is 77.2 Å². The zero-order valence-electron chi connectivity index (χ0n) is 21.6. The van der Waals surface area contributed by atoms with Gasteiger partial charge in [-0.05, 0) is 23.1 Å². The highest BCUT2D eigenvalue weighted by Gasteiger charge is 2.49. The molecule has 2 aliphatic rings. The fourth-order valence-electron chi connectivity index (χ4n) is 4.67. The number of pyridine rings is 1. The van der Waals surface area contributed by atoms with E-state index in [4.69, 9.17) is 0 Å². The van der Waals surface area contributed by atoms with E-state index in [2.05, 4.69) is 15.6 Å². The van der Waals surface area contributed by atoms with Crippen molar-refractivity contribution in [3.63, 3.8) is 0 Å². The Bertz CT molecular complexity index is 1170. The molecule has 2 aliphatic heterocycles. The molecular formula is C27H31F4N5O3. The van der Waals surface area contributed by atoms with Gasteiger partial charge >= 0.3 is 12.2 Å². The van der Waals surface area contributed by atoms with Crippen LogP contribution in [0.5, 0.6) is 0 Å². The number of hydrogen-bond acceptors (Lipinski definition) is 4. The molecule has 2 aromatic rings. The van der Waals surface area contributed by atoms with Crippen LogP contribution in [0.1, 0.15) is 49.0 Å². The van der Waals surface area contributed by atoms with Crippen LogP contribution in [0, 0.1) is 5.92 Å². The van der Waals surface area contributed by atoms with Gasteiger partial charge in [0.05, 0.1) is 30.7 Å². The predicted octanol–water partition coefficient (Wildman–Crippen LogP) is 3.55. The fraction of sp³-hybridized carbons (Fsp3) is 0.481. The Morgan fingerprint density at radius 3 is 2.31 bits per heavy atom. The van der Waals surface area contributed by atoms with Gasteiger partial charge in [0, 0.05) is 25.7 Å². The molecule has 0 saturated carbocycles. The summed E-state index contributed by atoms with van der Waals surface area (Å²) >= 11 is 0. The number of nitrogens with one attached hydrogen (secondary N) is 2. The van der Waals surface area contributed by atoms with E-state index in [9.17, 15) is 31.9 Å². The first-order valence-electron chi connectivity index (χ1n) is 12.8. The summed E-state index contributed by atoms with van der Waals surface area (Å²) in [6.07, 6.45) is -4.31. The van der Waals surface area contributed by atoms with E-state index in [0.29, 0.717) is 5.69 Å². The largest absolute Gasteiger partial charge is 0.395 e. The lowest BCUT2D eigenvalue weighted by molar-refractivity contribution is -0.202. The Morgan fingerprint density at radius 1 is 1.03 bits per heavy atom. The lowest BCUT2D eigenvalue weighted by atomic mass is 10.00. The average Bonchev–Trinajstić information content (AvgIpc) is 3.26. The molecule has 3 atom stereocenters. The quantitative estimate of drug-likeness (QED) is 0.517. The Hall–Kier alpha value is -3.70. The molecular weight excluding hydrogens is 518 g/mol. The highest BCUT2D eigenvalue weighted by Crippen LogP contribution is 2.33. The van der Waals surface area contributed by atoms with Crippen LogP contribution in [0.2, 0.25) is 0 Å². The number of aromatic nitrogens is 1. The number of amides is 4. The number of nitrogens with zero attached hydrogens (tertiary/aromatic N) is 3. The maximum absolute atomic E-state index is 14.4. The highest BCUT2D eigenvalue weighted by atomic mass is 19.4. The lowest BCUT2D eigenvalue weighted by Crippen LogP contribution is -2.59. The van der Waals surface area contributed by atoms with Gasteiger partial charge in [0.15, 0.2) is 0 Å². The van der Waals surface area contributed by atoms with Crippen molar-refractivity contribution >= 4 is 17.8 Å². The van der Waals surface area contributed by atoms with Crippen molar-refractivity contribution in [2.75, 3.05) is 26.2 Å². The second-order valence-electron chi connectivity index (χ2n) is 10.2. The van der Waals surface area contributed by atoms with Gasteiger partial charge in [-0.25, -0.2) is 9.18 Å². The second kappa shape index (κ2) is 11.6. The zero-order valence-corrected chi connectivity index (χ0v) is 21.6. The minimum absolute atomic E-state index is 0.216. The van der Waals surface area contributed by atoms with Gasteiger partial charge in [0.25, 0.3) is 0 Å². The number of urea groups is 1. The normalized spacial score (nSPS) is 20.5. The molecule has 2 saturated heterocycles. The SMILES string of the molecule is CC(C)c1ccc(C(NC(=O)C2CC(F)CN2C(=O)CNC(=O)N2CC(C(F)(F)F)C2)c2ccccc2)nc1. The first-order chi connectivity index (χ1) is 18.4. The molecule has 2 fully saturated rings. The number of rotatable bonds is 7. The van der Waals surface area contributed by atoms with Crippen molar-refractivity contribution in [2.24, 2.45) is 5.92 Å². The third kappa shape index (κ3) is 6.66. The summed E-state index contributed by atoms with van der Waals surface area (Å²) in [6.45, 7) is 2.21. The number of carbonyl (C=O) groups excluding carboxylic acids is 3. The van der Waals surface area contributed by atoms with Crippen molar-refractivity contribution in [1.29, 1.82) is 0 Å². The molecule has 1 aromatic heterocycles. The number of carbonyl (C=O) groups is 3. The highest BCUT2D eigenvalue weighted by molar-refractivity contribution is 5.91. The van der Waals surface area contributed by atoms with Crippen molar-refractivity contribution in [1.82, 2.24) is 25.4 Å². The summed E-state index contributed by atoms with van der Waals surface area (Å²) in [5.74, 6) is -2.60. The molecule has 210 valence electrons. The van der Waals surface area contributed by atoms with Crippen molar-refractivity contribution < 1.29 is 31.9 Å². The molecule has 0 aliphatic carbocycles. The summed E-state index contributed by atoms with van der Waals surface area (Å²) in [4.78, 5) is 44.9. The lowest BCUT2D eigenvalue weighted by Gasteiger charge is -2.39. The Labute approximate surface area is 223 Å². The van der Waals surface area contributed by atoms with Crippen LogP contribution in [0.15, 0.2) is 48.7 Å². The third-order valence-corrected chi connectivity index (χ3v) is 7.09. The van der Waals surface area contributed by atoms with Gasteiger partial charge in [-0.2, -0.15) is 13.2 Å². The van der Waals surface area contributed by atoms with Crippen molar-refractivity contribution in [3.8, 4) is 0 Å². The number of alkyl halides is 4. The zero-order chi connectivity index (χ0) is 28.3. The maximum atomic E-state index is 14.4. The molecule has 12 heteroatoms. The molecule has 2 N–H and O–H groups in total. The van der Waals surface area contributed by atoms with Crippen LogP contribution in [0.25, 0.3) is 0 Å². The summed E-state index contributed by atoms with van der Waals surface area (Å²) in [6, 6.07) is 10.3. The standard InChI is InChI=1S/C27H31F4N5O3/c1-16(2)18-8-9-21(32-11-18)24(17-6-4-3-5-7-17)34-25(38)22-10-20(28)15-36(22)23(37)12-33-26(39)35-13-19(14-35)27(29,30)31/h3-9,11,16,19-20,22,24H,10,12-15H2,1-2H3,(H,33,39)(H,34,38).